The number of carboxylic acid groups (broad SMARTS) is 1. The van der Waals surface area contributed by atoms with Crippen LogP contribution >= 0.6 is 11.8 Å². The van der Waals surface area contributed by atoms with Crippen LogP contribution in [0.15, 0.2) is 35.5 Å². The van der Waals surface area contributed by atoms with Gasteiger partial charge in [-0.1, -0.05) is 30.0 Å². The molecule has 2 rings (SSSR count). The van der Waals surface area contributed by atoms with E-state index in [1.807, 2.05) is 30.3 Å². The minimum Gasteiger partial charge on any atom is -0.481 e. The van der Waals surface area contributed by atoms with E-state index in [2.05, 4.69) is 15.5 Å². The van der Waals surface area contributed by atoms with Gasteiger partial charge in [-0.05, 0) is 36.4 Å². The summed E-state index contributed by atoms with van der Waals surface area (Å²) in [5.74, 6) is -0.436. The molecule has 19 heavy (non-hydrogen) atoms. The van der Waals surface area contributed by atoms with Crippen molar-refractivity contribution in [3.63, 3.8) is 0 Å². The Hall–Kier alpha value is -1.89. The largest absolute Gasteiger partial charge is 0.481 e. The highest BCUT2D eigenvalue weighted by Gasteiger charge is 2.28. The summed E-state index contributed by atoms with van der Waals surface area (Å²) < 4.78 is 1.60. The third-order valence-corrected chi connectivity index (χ3v) is 3.96. The van der Waals surface area contributed by atoms with Crippen molar-refractivity contribution < 1.29 is 9.90 Å². The van der Waals surface area contributed by atoms with Crippen LogP contribution in [0.5, 0.6) is 0 Å². The van der Waals surface area contributed by atoms with Crippen molar-refractivity contribution in [2.75, 3.05) is 5.75 Å². The first-order valence-electron chi connectivity index (χ1n) is 5.71. The van der Waals surface area contributed by atoms with Gasteiger partial charge in [0, 0.05) is 5.75 Å². The van der Waals surface area contributed by atoms with Gasteiger partial charge in [-0.25, -0.2) is 0 Å². The molecule has 0 atom stereocenters. The fraction of sp³-hybridized carbons (Fsp3) is 0.333. The second kappa shape index (κ2) is 5.40. The Morgan fingerprint density at radius 1 is 1.37 bits per heavy atom. The maximum atomic E-state index is 11.1. The molecule has 0 unspecified atom stereocenters. The average Bonchev–Trinajstić information content (AvgIpc) is 2.85. The number of para-hydroxylation sites is 1. The Kier molecular flexibility index (Phi) is 3.84. The number of carbonyl (C=O) groups is 1. The molecule has 7 heteroatoms. The Morgan fingerprint density at radius 2 is 2.05 bits per heavy atom. The molecule has 0 fully saturated rings. The molecule has 6 nitrogen and oxygen atoms in total. The summed E-state index contributed by atoms with van der Waals surface area (Å²) >= 11 is 1.33. The van der Waals surface area contributed by atoms with E-state index in [1.165, 1.54) is 11.8 Å². The Balaban J connectivity index is 2.16. The number of carboxylic acids is 1. The summed E-state index contributed by atoms with van der Waals surface area (Å²) in [7, 11) is 0. The van der Waals surface area contributed by atoms with Gasteiger partial charge in [-0.3, -0.25) is 4.79 Å². The van der Waals surface area contributed by atoms with E-state index in [-0.39, 0.29) is 0 Å². The minimum absolute atomic E-state index is 0.398. The topological polar surface area (TPSA) is 80.9 Å². The molecule has 0 bridgehead atoms. The van der Waals surface area contributed by atoms with Crippen molar-refractivity contribution in [1.29, 1.82) is 0 Å². The van der Waals surface area contributed by atoms with E-state index in [0.29, 0.717) is 10.9 Å². The van der Waals surface area contributed by atoms with Crippen LogP contribution in [0.2, 0.25) is 0 Å². The van der Waals surface area contributed by atoms with Crippen molar-refractivity contribution in [1.82, 2.24) is 20.2 Å². The van der Waals surface area contributed by atoms with Crippen LogP contribution in [-0.4, -0.2) is 37.0 Å². The van der Waals surface area contributed by atoms with Gasteiger partial charge in [0.25, 0.3) is 0 Å². The van der Waals surface area contributed by atoms with Gasteiger partial charge < -0.3 is 5.11 Å². The predicted octanol–water partition coefficient (Wildman–Crippen LogP) is 1.87. The lowest BCUT2D eigenvalue weighted by atomic mass is 9.97. The van der Waals surface area contributed by atoms with Crippen LogP contribution in [0.3, 0.4) is 0 Å². The monoisotopic (exact) mass is 278 g/mol. The molecule has 1 aromatic heterocycles. The molecule has 0 radical (unpaired) electrons. The molecular weight excluding hydrogens is 264 g/mol. The van der Waals surface area contributed by atoms with Gasteiger partial charge in [0.2, 0.25) is 5.16 Å². The van der Waals surface area contributed by atoms with Crippen LogP contribution in [0.1, 0.15) is 13.8 Å². The van der Waals surface area contributed by atoms with Crippen LogP contribution in [0.4, 0.5) is 0 Å². The summed E-state index contributed by atoms with van der Waals surface area (Å²) in [5, 5.41) is 21.2. The summed E-state index contributed by atoms with van der Waals surface area (Å²) in [6.45, 7) is 3.36. The molecule has 0 aliphatic carbocycles. The smallest absolute Gasteiger partial charge is 0.309 e. The van der Waals surface area contributed by atoms with E-state index in [9.17, 15) is 4.79 Å². The highest BCUT2D eigenvalue weighted by molar-refractivity contribution is 7.99. The number of nitrogens with zero attached hydrogens (tertiary/aromatic N) is 4. The number of rotatable bonds is 5. The zero-order chi connectivity index (χ0) is 13.9. The van der Waals surface area contributed by atoms with Crippen LogP contribution in [-0.2, 0) is 4.79 Å². The van der Waals surface area contributed by atoms with Gasteiger partial charge in [-0.2, -0.15) is 4.68 Å². The van der Waals surface area contributed by atoms with Crippen LogP contribution < -0.4 is 0 Å². The molecule has 100 valence electrons. The summed E-state index contributed by atoms with van der Waals surface area (Å²) in [6, 6.07) is 9.49. The fourth-order valence-electron chi connectivity index (χ4n) is 1.31. The Bertz CT molecular complexity index is 568. The minimum atomic E-state index is -0.835. The number of aliphatic carboxylic acids is 1. The first-order valence-corrected chi connectivity index (χ1v) is 6.69. The van der Waals surface area contributed by atoms with Gasteiger partial charge in [0.05, 0.1) is 11.1 Å². The number of tetrazole rings is 1. The molecule has 0 amide bonds. The zero-order valence-corrected chi connectivity index (χ0v) is 11.5. The third-order valence-electron chi connectivity index (χ3n) is 2.58. The van der Waals surface area contributed by atoms with Crippen molar-refractivity contribution in [2.45, 2.75) is 19.0 Å². The van der Waals surface area contributed by atoms with Crippen LogP contribution in [0, 0.1) is 5.41 Å². The summed E-state index contributed by atoms with van der Waals surface area (Å²) in [4.78, 5) is 11.1. The Labute approximate surface area is 114 Å². The molecule has 1 heterocycles. The summed E-state index contributed by atoms with van der Waals surface area (Å²) in [6.07, 6.45) is 0. The number of benzene rings is 1. The first kappa shape index (κ1) is 13.5. The number of hydrogen-bond donors (Lipinski definition) is 1. The number of aromatic nitrogens is 4. The standard InChI is InChI=1S/C12H14N4O2S/c1-12(2,10(17)18)8-19-11-13-14-15-16(11)9-6-4-3-5-7-9/h3-7H,8H2,1-2H3,(H,17,18). The number of thioether (sulfide) groups is 1. The van der Waals surface area contributed by atoms with E-state index >= 15 is 0 Å². The number of hydrogen-bond acceptors (Lipinski definition) is 5. The fourth-order valence-corrected chi connectivity index (χ4v) is 2.28. The maximum Gasteiger partial charge on any atom is 0.309 e. The lowest BCUT2D eigenvalue weighted by Gasteiger charge is -2.17. The molecule has 0 saturated carbocycles. The normalized spacial score (nSPS) is 11.5. The molecule has 2 aromatic rings. The lowest BCUT2D eigenvalue weighted by Crippen LogP contribution is -2.26. The quantitative estimate of drug-likeness (QED) is 0.841. The van der Waals surface area contributed by atoms with Crippen molar-refractivity contribution in [2.24, 2.45) is 5.41 Å². The molecule has 0 spiro atoms. The second-order valence-electron chi connectivity index (χ2n) is 4.69. The van der Waals surface area contributed by atoms with Crippen molar-refractivity contribution in [3.8, 4) is 5.69 Å². The molecule has 0 aliphatic rings. The van der Waals surface area contributed by atoms with Gasteiger partial charge in [0.1, 0.15) is 0 Å². The van der Waals surface area contributed by atoms with E-state index in [4.69, 9.17) is 5.11 Å². The molecule has 0 saturated heterocycles. The van der Waals surface area contributed by atoms with E-state index < -0.39 is 11.4 Å². The van der Waals surface area contributed by atoms with Crippen LogP contribution in [0.25, 0.3) is 5.69 Å². The van der Waals surface area contributed by atoms with Crippen molar-refractivity contribution >= 4 is 17.7 Å². The molecular formula is C12H14N4O2S. The summed E-state index contributed by atoms with van der Waals surface area (Å²) in [5.41, 5.74) is 0.0288. The SMILES string of the molecule is CC(C)(CSc1nnnn1-c1ccccc1)C(=O)O. The first-order chi connectivity index (χ1) is 9.00. The average molecular weight is 278 g/mol. The van der Waals surface area contributed by atoms with E-state index in [0.717, 1.165) is 5.69 Å². The predicted molar refractivity (Wildman–Crippen MR) is 71.3 cm³/mol. The lowest BCUT2D eigenvalue weighted by molar-refractivity contribution is -0.145. The molecule has 0 aliphatic heterocycles. The van der Waals surface area contributed by atoms with Gasteiger partial charge in [-0.15, -0.1) is 5.10 Å². The van der Waals surface area contributed by atoms with Crippen molar-refractivity contribution in [3.05, 3.63) is 30.3 Å². The molecule has 1 N–H and O–H groups in total. The highest BCUT2D eigenvalue weighted by Crippen LogP contribution is 2.27. The van der Waals surface area contributed by atoms with Gasteiger partial charge in [0.15, 0.2) is 0 Å². The maximum absolute atomic E-state index is 11.1. The van der Waals surface area contributed by atoms with Gasteiger partial charge >= 0.3 is 5.97 Å². The highest BCUT2D eigenvalue weighted by atomic mass is 32.2. The zero-order valence-electron chi connectivity index (χ0n) is 10.6. The Morgan fingerprint density at radius 3 is 2.68 bits per heavy atom. The second-order valence-corrected chi connectivity index (χ2v) is 5.63. The molecule has 1 aromatic carbocycles. The third kappa shape index (κ3) is 3.11. The van der Waals surface area contributed by atoms with E-state index in [1.54, 1.807) is 18.5 Å².